The molecule has 3 nitrogen and oxygen atoms in total. The lowest BCUT2D eigenvalue weighted by molar-refractivity contribution is -0.126. The quantitative estimate of drug-likeness (QED) is 0.902. The normalized spacial score (nSPS) is 19.0. The van der Waals surface area contributed by atoms with Crippen LogP contribution in [0.5, 0.6) is 0 Å². The number of hydrogen-bond acceptors (Lipinski definition) is 3. The van der Waals surface area contributed by atoms with Crippen molar-refractivity contribution >= 4 is 21.7 Å². The van der Waals surface area contributed by atoms with E-state index in [0.29, 0.717) is 11.1 Å². The van der Waals surface area contributed by atoms with Crippen LogP contribution < -0.4 is 5.73 Å². The first kappa shape index (κ1) is 9.93. The number of hydrogen-bond donors (Lipinski definition) is 1. The van der Waals surface area contributed by atoms with Crippen LogP contribution in [0, 0.1) is 0 Å². The topological polar surface area (TPSA) is 56.2 Å². The molecule has 0 atom stereocenters. The van der Waals surface area contributed by atoms with Crippen LogP contribution >= 0.6 is 15.9 Å². The van der Waals surface area contributed by atoms with Crippen LogP contribution in [0.4, 0.5) is 0 Å². The molecule has 0 aliphatic heterocycles. The lowest BCUT2D eigenvalue weighted by Crippen LogP contribution is -2.54. The standard InChI is InChI=1S/C10H12BrNO2/c11-9-5-7(6-14-9)4-8(13)10(12)2-1-3-10/h5-6H,1-4,12H2. The first-order chi connectivity index (χ1) is 6.60. The van der Waals surface area contributed by atoms with Gasteiger partial charge in [-0.25, -0.2) is 0 Å². The van der Waals surface area contributed by atoms with Crippen molar-refractivity contribution in [3.05, 3.63) is 22.6 Å². The summed E-state index contributed by atoms with van der Waals surface area (Å²) in [4.78, 5) is 11.7. The first-order valence-electron chi connectivity index (χ1n) is 4.65. The van der Waals surface area contributed by atoms with Gasteiger partial charge in [-0.1, -0.05) is 0 Å². The fourth-order valence-electron chi connectivity index (χ4n) is 1.64. The van der Waals surface area contributed by atoms with Gasteiger partial charge in [-0.05, 0) is 46.8 Å². The van der Waals surface area contributed by atoms with E-state index in [1.165, 1.54) is 0 Å². The molecular weight excluding hydrogens is 246 g/mol. The van der Waals surface area contributed by atoms with Crippen LogP contribution in [0.2, 0.25) is 0 Å². The van der Waals surface area contributed by atoms with Crippen molar-refractivity contribution in [1.29, 1.82) is 0 Å². The van der Waals surface area contributed by atoms with Crippen LogP contribution in [-0.2, 0) is 11.2 Å². The lowest BCUT2D eigenvalue weighted by atomic mass is 9.73. The van der Waals surface area contributed by atoms with Gasteiger partial charge < -0.3 is 10.2 Å². The Hall–Kier alpha value is -0.610. The molecule has 4 heteroatoms. The Balaban J connectivity index is 2.01. The third-order valence-electron chi connectivity index (χ3n) is 2.79. The van der Waals surface area contributed by atoms with Crippen molar-refractivity contribution in [2.45, 2.75) is 31.2 Å². The van der Waals surface area contributed by atoms with Gasteiger partial charge in [-0.2, -0.15) is 0 Å². The summed E-state index contributed by atoms with van der Waals surface area (Å²) in [5.74, 6) is 0.122. The summed E-state index contributed by atoms with van der Waals surface area (Å²) in [5.41, 5.74) is 6.24. The molecule has 76 valence electrons. The molecule has 0 spiro atoms. The minimum Gasteiger partial charge on any atom is -0.457 e. The van der Waals surface area contributed by atoms with Crippen LogP contribution in [0.3, 0.4) is 0 Å². The Bertz CT molecular complexity index is 355. The van der Waals surface area contributed by atoms with E-state index in [2.05, 4.69) is 15.9 Å². The molecule has 1 saturated carbocycles. The minimum absolute atomic E-state index is 0.122. The number of furan rings is 1. The minimum atomic E-state index is -0.552. The van der Waals surface area contributed by atoms with Crippen molar-refractivity contribution < 1.29 is 9.21 Å². The number of nitrogens with two attached hydrogens (primary N) is 1. The van der Waals surface area contributed by atoms with Crippen molar-refractivity contribution in [2.75, 3.05) is 0 Å². The van der Waals surface area contributed by atoms with Crippen LogP contribution in [-0.4, -0.2) is 11.3 Å². The maximum atomic E-state index is 11.7. The highest BCUT2D eigenvalue weighted by Gasteiger charge is 2.39. The van der Waals surface area contributed by atoms with E-state index in [9.17, 15) is 4.79 Å². The zero-order chi connectivity index (χ0) is 10.2. The molecule has 0 bridgehead atoms. The molecule has 0 aromatic carbocycles. The summed E-state index contributed by atoms with van der Waals surface area (Å²) >= 11 is 3.19. The molecule has 2 N–H and O–H groups in total. The lowest BCUT2D eigenvalue weighted by Gasteiger charge is -2.36. The second kappa shape index (κ2) is 3.51. The Labute approximate surface area is 90.8 Å². The second-order valence-electron chi connectivity index (χ2n) is 3.87. The molecular formula is C10H12BrNO2. The monoisotopic (exact) mass is 257 g/mol. The van der Waals surface area contributed by atoms with E-state index in [1.807, 2.05) is 0 Å². The number of carbonyl (C=O) groups excluding carboxylic acids is 1. The zero-order valence-corrected chi connectivity index (χ0v) is 9.34. The van der Waals surface area contributed by atoms with Gasteiger partial charge in [0.2, 0.25) is 0 Å². The highest BCUT2D eigenvalue weighted by atomic mass is 79.9. The van der Waals surface area contributed by atoms with Gasteiger partial charge >= 0.3 is 0 Å². The van der Waals surface area contributed by atoms with Gasteiger partial charge in [0.05, 0.1) is 11.8 Å². The van der Waals surface area contributed by atoms with E-state index in [0.717, 1.165) is 24.8 Å². The Morgan fingerprint density at radius 3 is 2.79 bits per heavy atom. The molecule has 0 amide bonds. The van der Waals surface area contributed by atoms with Crippen molar-refractivity contribution in [1.82, 2.24) is 0 Å². The molecule has 1 aromatic heterocycles. The fraction of sp³-hybridized carbons (Fsp3) is 0.500. The molecule has 14 heavy (non-hydrogen) atoms. The average molecular weight is 258 g/mol. The molecule has 1 aromatic rings. The van der Waals surface area contributed by atoms with Crippen LogP contribution in [0.1, 0.15) is 24.8 Å². The molecule has 1 fully saturated rings. The number of rotatable bonds is 3. The highest BCUT2D eigenvalue weighted by Crippen LogP contribution is 2.31. The van der Waals surface area contributed by atoms with Crippen molar-refractivity contribution in [3.63, 3.8) is 0 Å². The largest absolute Gasteiger partial charge is 0.457 e. The average Bonchev–Trinajstić information content (AvgIpc) is 2.47. The number of ketones is 1. The summed E-state index contributed by atoms with van der Waals surface area (Å²) < 4.78 is 5.71. The van der Waals surface area contributed by atoms with E-state index in [1.54, 1.807) is 12.3 Å². The molecule has 1 aliphatic rings. The van der Waals surface area contributed by atoms with Crippen LogP contribution in [0.15, 0.2) is 21.4 Å². The highest BCUT2D eigenvalue weighted by molar-refractivity contribution is 9.10. The third-order valence-corrected chi connectivity index (χ3v) is 3.20. The van der Waals surface area contributed by atoms with Gasteiger partial charge in [0, 0.05) is 6.42 Å². The number of halogens is 1. The van der Waals surface area contributed by atoms with Crippen molar-refractivity contribution in [2.24, 2.45) is 5.73 Å². The SMILES string of the molecule is NC1(C(=O)Cc2coc(Br)c2)CCC1. The molecule has 0 saturated heterocycles. The van der Waals surface area contributed by atoms with E-state index < -0.39 is 5.54 Å². The third kappa shape index (κ3) is 1.77. The maximum absolute atomic E-state index is 11.7. The van der Waals surface area contributed by atoms with Gasteiger partial charge in [-0.3, -0.25) is 4.79 Å². The maximum Gasteiger partial charge on any atom is 0.169 e. The van der Waals surface area contributed by atoms with E-state index in [4.69, 9.17) is 10.2 Å². The smallest absolute Gasteiger partial charge is 0.169 e. The molecule has 0 radical (unpaired) electrons. The van der Waals surface area contributed by atoms with Gasteiger partial charge in [-0.15, -0.1) is 0 Å². The Morgan fingerprint density at radius 1 is 1.64 bits per heavy atom. The summed E-state index contributed by atoms with van der Waals surface area (Å²) in [6, 6.07) is 1.81. The summed E-state index contributed by atoms with van der Waals surface area (Å²) in [6.07, 6.45) is 4.68. The second-order valence-corrected chi connectivity index (χ2v) is 4.65. The van der Waals surface area contributed by atoms with E-state index >= 15 is 0 Å². The summed E-state index contributed by atoms with van der Waals surface area (Å²) in [7, 11) is 0. The summed E-state index contributed by atoms with van der Waals surface area (Å²) in [6.45, 7) is 0. The Morgan fingerprint density at radius 2 is 2.36 bits per heavy atom. The summed E-state index contributed by atoms with van der Waals surface area (Å²) in [5, 5.41) is 0. The van der Waals surface area contributed by atoms with Gasteiger partial charge in [0.25, 0.3) is 0 Å². The van der Waals surface area contributed by atoms with E-state index in [-0.39, 0.29) is 5.78 Å². The zero-order valence-electron chi connectivity index (χ0n) is 7.75. The van der Waals surface area contributed by atoms with Gasteiger partial charge in [0.15, 0.2) is 10.5 Å². The fourth-order valence-corrected chi connectivity index (χ4v) is 2.02. The number of Topliss-reactive ketones (excluding diaryl/α,β-unsaturated/α-hetero) is 1. The molecule has 2 rings (SSSR count). The van der Waals surface area contributed by atoms with Crippen LogP contribution in [0.25, 0.3) is 0 Å². The molecule has 1 heterocycles. The van der Waals surface area contributed by atoms with Gasteiger partial charge in [0.1, 0.15) is 0 Å². The van der Waals surface area contributed by atoms with Crippen molar-refractivity contribution in [3.8, 4) is 0 Å². The molecule has 0 unspecified atom stereocenters. The predicted molar refractivity (Wildman–Crippen MR) is 55.9 cm³/mol. The first-order valence-corrected chi connectivity index (χ1v) is 5.44. The predicted octanol–water partition coefficient (Wildman–Crippen LogP) is 2.04. The Kier molecular flexibility index (Phi) is 2.49. The molecule has 1 aliphatic carbocycles. The number of carbonyl (C=O) groups is 1.